The van der Waals surface area contributed by atoms with Crippen molar-refractivity contribution < 1.29 is 0 Å². The highest BCUT2D eigenvalue weighted by molar-refractivity contribution is 7.13. The highest BCUT2D eigenvalue weighted by atomic mass is 32.1. The van der Waals surface area contributed by atoms with Gasteiger partial charge in [0.2, 0.25) is 0 Å². The fraction of sp³-hybridized carbons (Fsp3) is 0.308. The molecule has 0 fully saturated rings. The van der Waals surface area contributed by atoms with Gasteiger partial charge >= 0.3 is 0 Å². The van der Waals surface area contributed by atoms with Crippen molar-refractivity contribution in [2.45, 2.75) is 26.2 Å². The van der Waals surface area contributed by atoms with Crippen LogP contribution in [0.25, 0.3) is 0 Å². The van der Waals surface area contributed by atoms with Crippen LogP contribution in [0.4, 0.5) is 10.8 Å². The molecule has 2 aromatic heterocycles. The lowest BCUT2D eigenvalue weighted by atomic mass is 9.93. The summed E-state index contributed by atoms with van der Waals surface area (Å²) >= 11 is 1.49. The molecule has 0 aliphatic heterocycles. The van der Waals surface area contributed by atoms with Gasteiger partial charge in [-0.3, -0.25) is 4.98 Å². The second-order valence-corrected chi connectivity index (χ2v) is 5.45. The van der Waals surface area contributed by atoms with Gasteiger partial charge in [0.25, 0.3) is 0 Å². The summed E-state index contributed by atoms with van der Waals surface area (Å²) in [5.74, 6) is 0. The van der Waals surface area contributed by atoms with Crippen LogP contribution in [-0.4, -0.2) is 9.97 Å². The van der Waals surface area contributed by atoms with E-state index in [1.807, 2.05) is 38.3 Å². The molecule has 1 N–H and O–H groups in total. The molecule has 0 saturated heterocycles. The number of aryl methyl sites for hydroxylation is 1. The lowest BCUT2D eigenvalue weighted by Crippen LogP contribution is -2.14. The molecule has 0 aliphatic rings. The Labute approximate surface area is 110 Å². The second kappa shape index (κ2) is 4.75. The first-order chi connectivity index (χ1) is 8.51. The predicted octanol–water partition coefficient (Wildman–Crippen LogP) is 3.39. The molecule has 2 heterocycles. The maximum absolute atomic E-state index is 9.06. The van der Waals surface area contributed by atoms with Gasteiger partial charge in [-0.1, -0.05) is 0 Å². The second-order valence-electron chi connectivity index (χ2n) is 4.59. The molecule has 92 valence electrons. The number of nitriles is 1. The number of hydrogen-bond acceptors (Lipinski definition) is 5. The van der Waals surface area contributed by atoms with Gasteiger partial charge in [-0.05, 0) is 32.9 Å². The van der Waals surface area contributed by atoms with Crippen molar-refractivity contribution >= 4 is 22.2 Å². The Morgan fingerprint density at radius 2 is 2.17 bits per heavy atom. The molecule has 2 rings (SSSR count). The minimum Gasteiger partial charge on any atom is -0.330 e. The molecule has 2 aromatic rings. The van der Waals surface area contributed by atoms with Crippen molar-refractivity contribution in [3.8, 4) is 6.07 Å². The van der Waals surface area contributed by atoms with E-state index in [0.29, 0.717) is 0 Å². The number of aromatic nitrogens is 2. The van der Waals surface area contributed by atoms with Gasteiger partial charge in [-0.2, -0.15) is 5.26 Å². The summed E-state index contributed by atoms with van der Waals surface area (Å²) in [4.78, 5) is 8.64. The number of nitrogens with zero attached hydrogens (tertiary/aromatic N) is 3. The third-order valence-electron chi connectivity index (χ3n) is 2.59. The normalized spacial score (nSPS) is 11.0. The number of thiazole rings is 1. The zero-order chi connectivity index (χ0) is 13.2. The summed E-state index contributed by atoms with van der Waals surface area (Å²) < 4.78 is 0. The maximum atomic E-state index is 9.06. The van der Waals surface area contributed by atoms with Crippen LogP contribution >= 0.6 is 11.3 Å². The molecular formula is C13H14N4S. The predicted molar refractivity (Wildman–Crippen MR) is 73.0 cm³/mol. The van der Waals surface area contributed by atoms with Crippen LogP contribution in [0.3, 0.4) is 0 Å². The van der Waals surface area contributed by atoms with Crippen molar-refractivity contribution in [2.75, 3.05) is 5.32 Å². The van der Waals surface area contributed by atoms with Gasteiger partial charge in [0, 0.05) is 11.1 Å². The number of hydrogen-bond donors (Lipinski definition) is 1. The summed E-state index contributed by atoms with van der Waals surface area (Å²) in [6, 6.07) is 6.14. The van der Waals surface area contributed by atoms with Crippen LogP contribution in [0.15, 0.2) is 23.7 Å². The molecule has 0 aromatic carbocycles. The maximum Gasteiger partial charge on any atom is 0.187 e. The molecule has 0 atom stereocenters. The van der Waals surface area contributed by atoms with E-state index >= 15 is 0 Å². The largest absolute Gasteiger partial charge is 0.330 e. The summed E-state index contributed by atoms with van der Waals surface area (Å²) in [7, 11) is 0. The fourth-order valence-corrected chi connectivity index (χ4v) is 2.24. The van der Waals surface area contributed by atoms with Crippen LogP contribution in [0, 0.1) is 18.3 Å². The monoisotopic (exact) mass is 258 g/mol. The average Bonchev–Trinajstić information content (AvgIpc) is 2.81. The van der Waals surface area contributed by atoms with Crippen molar-refractivity contribution in [3.05, 3.63) is 35.1 Å². The molecule has 0 amide bonds. The summed E-state index contributed by atoms with van der Waals surface area (Å²) in [5.41, 5.74) is 2.11. The van der Waals surface area contributed by atoms with Gasteiger partial charge in [0.1, 0.15) is 0 Å². The van der Waals surface area contributed by atoms with Gasteiger partial charge in [0.05, 0.1) is 29.1 Å². The Bertz CT molecular complexity index is 578. The zero-order valence-electron chi connectivity index (χ0n) is 10.6. The van der Waals surface area contributed by atoms with Gasteiger partial charge in [-0.25, -0.2) is 4.98 Å². The molecule has 4 nitrogen and oxygen atoms in total. The first kappa shape index (κ1) is 12.5. The number of nitrogens with one attached hydrogen (secondary N) is 1. The van der Waals surface area contributed by atoms with Crippen LogP contribution in [0.2, 0.25) is 0 Å². The van der Waals surface area contributed by atoms with Gasteiger partial charge in [-0.15, -0.1) is 11.3 Å². The summed E-state index contributed by atoms with van der Waals surface area (Å²) in [6.07, 6.45) is 1.77. The third-order valence-corrected chi connectivity index (χ3v) is 3.34. The van der Waals surface area contributed by atoms with Gasteiger partial charge in [0.15, 0.2) is 5.13 Å². The molecule has 0 saturated carbocycles. The number of rotatable bonds is 3. The number of pyridine rings is 1. The van der Waals surface area contributed by atoms with Crippen molar-refractivity contribution in [3.63, 3.8) is 0 Å². The first-order valence-electron chi connectivity index (χ1n) is 5.58. The molecule has 0 unspecified atom stereocenters. The summed E-state index contributed by atoms with van der Waals surface area (Å²) in [6.45, 7) is 5.67. The molecule has 0 spiro atoms. The molecule has 5 heteroatoms. The van der Waals surface area contributed by atoms with Crippen LogP contribution in [-0.2, 0) is 5.41 Å². The summed E-state index contributed by atoms with van der Waals surface area (Å²) in [5, 5.41) is 14.9. The van der Waals surface area contributed by atoms with E-state index in [0.717, 1.165) is 22.2 Å². The van der Waals surface area contributed by atoms with Gasteiger partial charge < -0.3 is 5.32 Å². The van der Waals surface area contributed by atoms with Crippen LogP contribution < -0.4 is 5.32 Å². The van der Waals surface area contributed by atoms with Crippen LogP contribution in [0.5, 0.6) is 0 Å². The van der Waals surface area contributed by atoms with E-state index in [-0.39, 0.29) is 0 Å². The Morgan fingerprint density at radius 3 is 2.78 bits per heavy atom. The van der Waals surface area contributed by atoms with E-state index in [2.05, 4.69) is 21.4 Å². The van der Waals surface area contributed by atoms with Crippen molar-refractivity contribution in [2.24, 2.45) is 0 Å². The van der Waals surface area contributed by atoms with E-state index in [9.17, 15) is 0 Å². The zero-order valence-corrected chi connectivity index (χ0v) is 11.4. The highest BCUT2D eigenvalue weighted by Crippen LogP contribution is 2.27. The molecule has 0 radical (unpaired) electrons. The standard InChI is InChI=1S/C13H14N4S/c1-9-4-5-10(6-15-9)16-12-17-11(7-18-12)13(2,3)8-14/h4-7H,1-3H3,(H,16,17). The molecular weight excluding hydrogens is 244 g/mol. The first-order valence-corrected chi connectivity index (χ1v) is 6.46. The fourth-order valence-electron chi connectivity index (χ4n) is 1.34. The molecule has 18 heavy (non-hydrogen) atoms. The van der Waals surface area contributed by atoms with E-state index in [4.69, 9.17) is 5.26 Å². The SMILES string of the molecule is Cc1ccc(Nc2nc(C(C)(C)C#N)cs2)cn1. The molecule has 0 bridgehead atoms. The minimum absolute atomic E-state index is 0.554. The topological polar surface area (TPSA) is 61.6 Å². The lowest BCUT2D eigenvalue weighted by Gasteiger charge is -2.10. The smallest absolute Gasteiger partial charge is 0.187 e. The Hall–Kier alpha value is -1.93. The quantitative estimate of drug-likeness (QED) is 0.916. The Morgan fingerprint density at radius 1 is 1.39 bits per heavy atom. The van der Waals surface area contributed by atoms with E-state index < -0.39 is 5.41 Å². The Kier molecular flexibility index (Phi) is 3.30. The molecule has 0 aliphatic carbocycles. The number of anilines is 2. The minimum atomic E-state index is -0.554. The van der Waals surface area contributed by atoms with Crippen molar-refractivity contribution in [1.82, 2.24) is 9.97 Å². The highest BCUT2D eigenvalue weighted by Gasteiger charge is 2.23. The Balaban J connectivity index is 2.17. The van der Waals surface area contributed by atoms with Crippen molar-refractivity contribution in [1.29, 1.82) is 5.26 Å². The lowest BCUT2D eigenvalue weighted by molar-refractivity contribution is 0.666. The van der Waals surface area contributed by atoms with E-state index in [1.54, 1.807) is 6.20 Å². The van der Waals surface area contributed by atoms with Crippen LogP contribution in [0.1, 0.15) is 25.2 Å². The third kappa shape index (κ3) is 2.66. The van der Waals surface area contributed by atoms with E-state index in [1.165, 1.54) is 11.3 Å². The average molecular weight is 258 g/mol.